The molecule has 1 N–H and O–H groups in total. The minimum absolute atomic E-state index is 0.311. The molecule has 4 heteroatoms. The zero-order valence-electron chi connectivity index (χ0n) is 9.13. The predicted octanol–water partition coefficient (Wildman–Crippen LogP) is 2.10. The van der Waals surface area contributed by atoms with E-state index in [1.54, 1.807) is 0 Å². The van der Waals surface area contributed by atoms with Crippen LogP contribution in [0, 0.1) is 0 Å². The highest BCUT2D eigenvalue weighted by Crippen LogP contribution is 2.06. The first-order valence-electron chi connectivity index (χ1n) is 5.08. The molecular formula is C10H21BrNO2+. The van der Waals surface area contributed by atoms with Crippen LogP contribution in [0.15, 0.2) is 0 Å². The molecule has 0 bridgehead atoms. The molecule has 0 saturated heterocycles. The summed E-state index contributed by atoms with van der Waals surface area (Å²) in [6, 6.07) is 0. The van der Waals surface area contributed by atoms with Gasteiger partial charge in [0.25, 0.3) is 0 Å². The Hall–Kier alpha value is -0.0900. The Balaban J connectivity index is 3.39. The highest BCUT2D eigenvalue weighted by molar-refractivity contribution is 9.09. The SMILES string of the molecule is C[N+](C)(CCBr)CCCCCC(=O)O. The first kappa shape index (κ1) is 13.9. The molecule has 3 nitrogen and oxygen atoms in total. The molecule has 0 amide bonds. The number of nitrogens with zero attached hydrogens (tertiary/aromatic N) is 1. The van der Waals surface area contributed by atoms with Gasteiger partial charge in [0.05, 0.1) is 32.5 Å². The Morgan fingerprint density at radius 3 is 2.36 bits per heavy atom. The monoisotopic (exact) mass is 266 g/mol. The van der Waals surface area contributed by atoms with Crippen molar-refractivity contribution in [2.45, 2.75) is 25.7 Å². The topological polar surface area (TPSA) is 37.3 Å². The van der Waals surface area contributed by atoms with Gasteiger partial charge in [0.1, 0.15) is 0 Å². The zero-order chi connectivity index (χ0) is 11.0. The van der Waals surface area contributed by atoms with E-state index in [1.807, 2.05) is 0 Å². The quantitative estimate of drug-likeness (QED) is 0.415. The van der Waals surface area contributed by atoms with Gasteiger partial charge in [0.2, 0.25) is 0 Å². The molecule has 0 radical (unpaired) electrons. The Bertz CT molecular complexity index is 172. The number of carboxylic acid groups (broad SMARTS) is 1. The lowest BCUT2D eigenvalue weighted by molar-refractivity contribution is -0.887. The molecule has 14 heavy (non-hydrogen) atoms. The van der Waals surface area contributed by atoms with Crippen LogP contribution in [0.2, 0.25) is 0 Å². The Morgan fingerprint density at radius 1 is 1.21 bits per heavy atom. The maximum atomic E-state index is 10.3. The van der Waals surface area contributed by atoms with Crippen molar-refractivity contribution in [2.24, 2.45) is 0 Å². The molecule has 0 aliphatic heterocycles. The Morgan fingerprint density at radius 2 is 1.86 bits per heavy atom. The lowest BCUT2D eigenvalue weighted by Crippen LogP contribution is -2.41. The summed E-state index contributed by atoms with van der Waals surface area (Å²) in [5.41, 5.74) is 0. The zero-order valence-corrected chi connectivity index (χ0v) is 10.7. The summed E-state index contributed by atoms with van der Waals surface area (Å²) >= 11 is 3.43. The second-order valence-electron chi connectivity index (χ2n) is 4.28. The highest BCUT2D eigenvalue weighted by atomic mass is 79.9. The molecule has 0 aliphatic rings. The van der Waals surface area contributed by atoms with E-state index in [2.05, 4.69) is 30.0 Å². The van der Waals surface area contributed by atoms with Crippen LogP contribution in [-0.4, -0.2) is 48.1 Å². The van der Waals surface area contributed by atoms with Gasteiger partial charge in [-0.3, -0.25) is 4.79 Å². The van der Waals surface area contributed by atoms with Crippen LogP contribution in [0.4, 0.5) is 0 Å². The maximum absolute atomic E-state index is 10.3. The van der Waals surface area contributed by atoms with Crippen LogP contribution in [-0.2, 0) is 4.79 Å². The van der Waals surface area contributed by atoms with Crippen LogP contribution in [0.5, 0.6) is 0 Å². The number of alkyl halides is 1. The van der Waals surface area contributed by atoms with Crippen LogP contribution in [0.25, 0.3) is 0 Å². The second kappa shape index (κ2) is 7.23. The van der Waals surface area contributed by atoms with Crippen molar-refractivity contribution in [1.82, 2.24) is 0 Å². The third-order valence-corrected chi connectivity index (χ3v) is 2.70. The molecule has 0 aliphatic carbocycles. The summed E-state index contributed by atoms with van der Waals surface area (Å²) in [7, 11) is 4.41. The number of hydrogen-bond donors (Lipinski definition) is 1. The van der Waals surface area contributed by atoms with Crippen LogP contribution in [0.3, 0.4) is 0 Å². The first-order valence-corrected chi connectivity index (χ1v) is 6.20. The van der Waals surface area contributed by atoms with Crippen molar-refractivity contribution in [3.05, 3.63) is 0 Å². The Labute approximate surface area is 94.8 Å². The molecule has 0 aromatic heterocycles. The fourth-order valence-electron chi connectivity index (χ4n) is 1.33. The number of halogens is 1. The minimum Gasteiger partial charge on any atom is -0.481 e. The fourth-order valence-corrected chi connectivity index (χ4v) is 2.29. The molecular weight excluding hydrogens is 246 g/mol. The van der Waals surface area contributed by atoms with Crippen LogP contribution >= 0.6 is 15.9 Å². The molecule has 0 rings (SSSR count). The molecule has 0 heterocycles. The van der Waals surface area contributed by atoms with E-state index in [1.165, 1.54) is 0 Å². The molecule has 0 atom stereocenters. The van der Waals surface area contributed by atoms with Gasteiger partial charge in [-0.2, -0.15) is 0 Å². The van der Waals surface area contributed by atoms with Crippen molar-refractivity contribution in [1.29, 1.82) is 0 Å². The number of quaternary nitrogens is 1. The van der Waals surface area contributed by atoms with Crippen LogP contribution in [0.1, 0.15) is 25.7 Å². The molecule has 0 unspecified atom stereocenters. The number of carbonyl (C=O) groups is 1. The lowest BCUT2D eigenvalue weighted by Gasteiger charge is -2.28. The van der Waals surface area contributed by atoms with Gasteiger partial charge in [-0.25, -0.2) is 0 Å². The molecule has 0 saturated carbocycles. The maximum Gasteiger partial charge on any atom is 0.303 e. The van der Waals surface area contributed by atoms with Crippen molar-refractivity contribution in [2.75, 3.05) is 32.5 Å². The van der Waals surface area contributed by atoms with E-state index >= 15 is 0 Å². The molecule has 0 fully saturated rings. The van der Waals surface area contributed by atoms with E-state index < -0.39 is 5.97 Å². The standard InChI is InChI=1S/C10H20BrNO2/c1-12(2,9-7-11)8-5-3-4-6-10(13)14/h3-9H2,1-2H3/p+1. The van der Waals surface area contributed by atoms with Crippen molar-refractivity contribution in [3.8, 4) is 0 Å². The number of unbranched alkanes of at least 4 members (excludes halogenated alkanes) is 2. The van der Waals surface area contributed by atoms with Gasteiger partial charge >= 0.3 is 5.97 Å². The number of aliphatic carboxylic acids is 1. The first-order chi connectivity index (χ1) is 6.48. The fraction of sp³-hybridized carbons (Fsp3) is 0.900. The van der Waals surface area contributed by atoms with E-state index in [0.29, 0.717) is 6.42 Å². The summed E-state index contributed by atoms with van der Waals surface area (Å²) in [5, 5.41) is 9.47. The van der Waals surface area contributed by atoms with Gasteiger partial charge in [-0.1, -0.05) is 15.9 Å². The van der Waals surface area contributed by atoms with E-state index in [-0.39, 0.29) is 0 Å². The molecule has 0 aromatic carbocycles. The van der Waals surface area contributed by atoms with Gasteiger partial charge in [-0.15, -0.1) is 0 Å². The normalized spacial score (nSPS) is 11.6. The van der Waals surface area contributed by atoms with Crippen molar-refractivity contribution >= 4 is 21.9 Å². The van der Waals surface area contributed by atoms with Crippen molar-refractivity contribution in [3.63, 3.8) is 0 Å². The third-order valence-electron chi connectivity index (χ3n) is 2.34. The Kier molecular flexibility index (Phi) is 7.19. The smallest absolute Gasteiger partial charge is 0.303 e. The lowest BCUT2D eigenvalue weighted by atomic mass is 10.2. The van der Waals surface area contributed by atoms with Crippen LogP contribution < -0.4 is 0 Å². The minimum atomic E-state index is -0.681. The van der Waals surface area contributed by atoms with E-state index in [4.69, 9.17) is 5.11 Å². The summed E-state index contributed by atoms with van der Waals surface area (Å²) in [4.78, 5) is 10.3. The molecule has 0 aromatic rings. The predicted molar refractivity (Wildman–Crippen MR) is 61.7 cm³/mol. The van der Waals surface area contributed by atoms with E-state index in [0.717, 1.165) is 42.2 Å². The van der Waals surface area contributed by atoms with Gasteiger partial charge < -0.3 is 9.59 Å². The number of hydrogen-bond acceptors (Lipinski definition) is 1. The summed E-state index contributed by atoms with van der Waals surface area (Å²) in [6.07, 6.45) is 3.26. The summed E-state index contributed by atoms with van der Waals surface area (Å²) in [5.74, 6) is -0.681. The number of rotatable bonds is 8. The van der Waals surface area contributed by atoms with Gasteiger partial charge in [0.15, 0.2) is 0 Å². The number of carboxylic acids is 1. The summed E-state index contributed by atoms with van der Waals surface area (Å²) < 4.78 is 1.01. The third kappa shape index (κ3) is 8.51. The average Bonchev–Trinajstić information content (AvgIpc) is 2.02. The second-order valence-corrected chi connectivity index (χ2v) is 5.07. The largest absolute Gasteiger partial charge is 0.481 e. The van der Waals surface area contributed by atoms with E-state index in [9.17, 15) is 4.79 Å². The van der Waals surface area contributed by atoms with Crippen molar-refractivity contribution < 1.29 is 14.4 Å². The average molecular weight is 267 g/mol. The van der Waals surface area contributed by atoms with Gasteiger partial charge in [0, 0.05) is 6.42 Å². The highest BCUT2D eigenvalue weighted by Gasteiger charge is 2.12. The summed E-state index contributed by atoms with van der Waals surface area (Å²) in [6.45, 7) is 2.25. The molecule has 0 spiro atoms. The van der Waals surface area contributed by atoms with Gasteiger partial charge in [-0.05, 0) is 19.3 Å². The molecule has 84 valence electrons.